The van der Waals surface area contributed by atoms with Gasteiger partial charge in [-0.1, -0.05) is 0 Å². The lowest BCUT2D eigenvalue weighted by Crippen LogP contribution is -2.52. The van der Waals surface area contributed by atoms with Gasteiger partial charge < -0.3 is 14.5 Å². The van der Waals surface area contributed by atoms with Crippen molar-refractivity contribution in [2.45, 2.75) is 45.4 Å². The summed E-state index contributed by atoms with van der Waals surface area (Å²) in [6.45, 7) is 5.39. The molecule has 5 nitrogen and oxygen atoms in total. The van der Waals surface area contributed by atoms with E-state index in [2.05, 4.69) is 4.90 Å². The topological polar surface area (TPSA) is 49.9 Å². The van der Waals surface area contributed by atoms with Gasteiger partial charge in [0.15, 0.2) is 0 Å². The second kappa shape index (κ2) is 7.17. The highest BCUT2D eigenvalue weighted by atomic mass is 16.5. The van der Waals surface area contributed by atoms with E-state index in [9.17, 15) is 9.59 Å². The average Bonchev–Trinajstić information content (AvgIpc) is 3.49. The Morgan fingerprint density at radius 1 is 1.22 bits per heavy atom. The van der Waals surface area contributed by atoms with Crippen LogP contribution in [0, 0.1) is 18.3 Å². The fourth-order valence-electron chi connectivity index (χ4n) is 4.67. The lowest BCUT2D eigenvalue weighted by atomic mass is 9.72. The van der Waals surface area contributed by atoms with E-state index < -0.39 is 0 Å². The zero-order chi connectivity index (χ0) is 19.0. The van der Waals surface area contributed by atoms with Gasteiger partial charge in [0, 0.05) is 38.2 Å². The zero-order valence-electron chi connectivity index (χ0n) is 16.5. The number of carbonyl (C=O) groups is 2. The molecule has 1 aromatic rings. The van der Waals surface area contributed by atoms with E-state index in [1.807, 2.05) is 30.0 Å². The summed E-state index contributed by atoms with van der Waals surface area (Å²) in [6, 6.07) is 5.65. The van der Waals surface area contributed by atoms with E-state index >= 15 is 0 Å². The molecule has 0 aromatic heterocycles. The first-order chi connectivity index (χ1) is 13.0. The van der Waals surface area contributed by atoms with Crippen LogP contribution in [0.15, 0.2) is 18.2 Å². The highest BCUT2D eigenvalue weighted by molar-refractivity contribution is 5.94. The summed E-state index contributed by atoms with van der Waals surface area (Å²) in [5, 5.41) is 0. The largest absolute Gasteiger partial charge is 0.496 e. The average molecular weight is 370 g/mol. The van der Waals surface area contributed by atoms with Crippen molar-refractivity contribution in [3.63, 3.8) is 0 Å². The molecule has 1 saturated carbocycles. The SMILES string of the molecule is COc1ccc(C(=O)N2CCC3(CCC(=O)N(CC4CC4)C3)CC2)cc1C. The van der Waals surface area contributed by atoms with Crippen LogP contribution in [0.2, 0.25) is 0 Å². The number of hydrogen-bond donors (Lipinski definition) is 0. The maximum atomic E-state index is 12.9. The fourth-order valence-corrected chi connectivity index (χ4v) is 4.67. The first-order valence-electron chi connectivity index (χ1n) is 10.2. The number of amides is 2. The fraction of sp³-hybridized carbons (Fsp3) is 0.636. The Morgan fingerprint density at radius 2 is 1.96 bits per heavy atom. The molecule has 1 spiro atoms. The van der Waals surface area contributed by atoms with Crippen LogP contribution in [0.3, 0.4) is 0 Å². The van der Waals surface area contributed by atoms with E-state index in [4.69, 9.17) is 4.74 Å². The van der Waals surface area contributed by atoms with E-state index in [-0.39, 0.29) is 11.3 Å². The van der Waals surface area contributed by atoms with Crippen molar-refractivity contribution in [1.29, 1.82) is 0 Å². The normalized spacial score (nSPS) is 22.2. The Bertz CT molecular complexity index is 733. The molecule has 146 valence electrons. The molecule has 1 aromatic carbocycles. The van der Waals surface area contributed by atoms with Crippen molar-refractivity contribution in [2.75, 3.05) is 33.3 Å². The molecule has 2 amide bonds. The number of hydrogen-bond acceptors (Lipinski definition) is 3. The van der Waals surface area contributed by atoms with E-state index in [1.54, 1.807) is 7.11 Å². The lowest BCUT2D eigenvalue weighted by Gasteiger charge is -2.47. The molecule has 4 rings (SSSR count). The molecule has 0 bridgehead atoms. The van der Waals surface area contributed by atoms with Crippen molar-refractivity contribution in [1.82, 2.24) is 9.80 Å². The van der Waals surface area contributed by atoms with Crippen molar-refractivity contribution in [3.05, 3.63) is 29.3 Å². The van der Waals surface area contributed by atoms with Gasteiger partial charge >= 0.3 is 0 Å². The molecule has 5 heteroatoms. The molecule has 27 heavy (non-hydrogen) atoms. The molecule has 2 heterocycles. The summed E-state index contributed by atoms with van der Waals surface area (Å²) in [5.41, 5.74) is 1.94. The second-order valence-electron chi connectivity index (χ2n) is 8.69. The molecule has 2 saturated heterocycles. The molecule has 0 unspecified atom stereocenters. The minimum Gasteiger partial charge on any atom is -0.496 e. The summed E-state index contributed by atoms with van der Waals surface area (Å²) in [7, 11) is 1.65. The predicted molar refractivity (Wildman–Crippen MR) is 104 cm³/mol. The van der Waals surface area contributed by atoms with Crippen molar-refractivity contribution < 1.29 is 14.3 Å². The smallest absolute Gasteiger partial charge is 0.253 e. The summed E-state index contributed by atoms with van der Waals surface area (Å²) in [6.07, 6.45) is 6.22. The van der Waals surface area contributed by atoms with Gasteiger partial charge in [-0.25, -0.2) is 0 Å². The quantitative estimate of drug-likeness (QED) is 0.817. The van der Waals surface area contributed by atoms with Crippen LogP contribution in [-0.2, 0) is 4.79 Å². The molecule has 0 atom stereocenters. The van der Waals surface area contributed by atoms with Crippen molar-refractivity contribution >= 4 is 11.8 Å². The highest BCUT2D eigenvalue weighted by Gasteiger charge is 2.42. The summed E-state index contributed by atoms with van der Waals surface area (Å²) >= 11 is 0. The molecule has 2 aliphatic heterocycles. The van der Waals surface area contributed by atoms with Crippen LogP contribution in [-0.4, -0.2) is 54.9 Å². The Hall–Kier alpha value is -2.04. The molecule has 0 N–H and O–H groups in total. The minimum atomic E-state index is 0.109. The second-order valence-corrected chi connectivity index (χ2v) is 8.69. The monoisotopic (exact) mass is 370 g/mol. The first kappa shape index (κ1) is 18.3. The standard InChI is InChI=1S/C22H30N2O3/c1-16-13-18(5-6-19(16)27-2)21(26)23-11-9-22(10-12-23)8-7-20(25)24(15-22)14-17-3-4-17/h5-6,13,17H,3-4,7-12,14-15H2,1-2H3. The van der Waals surface area contributed by atoms with Gasteiger partial charge in [0.25, 0.3) is 5.91 Å². The number of piperidine rings is 2. The molecule has 1 aliphatic carbocycles. The van der Waals surface area contributed by atoms with E-state index in [0.717, 1.165) is 68.2 Å². The number of likely N-dealkylation sites (tertiary alicyclic amines) is 2. The lowest BCUT2D eigenvalue weighted by molar-refractivity contribution is -0.139. The van der Waals surface area contributed by atoms with Crippen LogP contribution >= 0.6 is 0 Å². The predicted octanol–water partition coefficient (Wildman–Crippen LogP) is 3.26. The number of carbonyl (C=O) groups excluding carboxylic acids is 2. The Kier molecular flexibility index (Phi) is 4.87. The van der Waals surface area contributed by atoms with Gasteiger partial charge in [-0.15, -0.1) is 0 Å². The number of aryl methyl sites for hydroxylation is 1. The highest BCUT2D eigenvalue weighted by Crippen LogP contribution is 2.42. The molecule has 3 aliphatic rings. The van der Waals surface area contributed by atoms with Crippen molar-refractivity contribution in [2.24, 2.45) is 11.3 Å². The number of ether oxygens (including phenoxy) is 1. The van der Waals surface area contributed by atoms with Gasteiger partial charge in [-0.2, -0.15) is 0 Å². The third kappa shape index (κ3) is 3.83. The van der Waals surface area contributed by atoms with Crippen molar-refractivity contribution in [3.8, 4) is 5.75 Å². The van der Waals surface area contributed by atoms with Gasteiger partial charge in [0.05, 0.1) is 7.11 Å². The van der Waals surface area contributed by atoms with E-state index in [1.165, 1.54) is 12.8 Å². The summed E-state index contributed by atoms with van der Waals surface area (Å²) < 4.78 is 5.29. The van der Waals surface area contributed by atoms with Crippen LogP contribution < -0.4 is 4.74 Å². The Balaban J connectivity index is 1.38. The number of methoxy groups -OCH3 is 1. The Labute approximate surface area is 161 Å². The zero-order valence-corrected chi connectivity index (χ0v) is 16.5. The van der Waals surface area contributed by atoms with E-state index in [0.29, 0.717) is 12.3 Å². The third-order valence-electron chi connectivity index (χ3n) is 6.68. The Morgan fingerprint density at radius 3 is 2.59 bits per heavy atom. The maximum absolute atomic E-state index is 12.9. The summed E-state index contributed by atoms with van der Waals surface area (Å²) in [4.78, 5) is 29.3. The van der Waals surface area contributed by atoms with Crippen LogP contribution in [0.1, 0.15) is 54.4 Å². The minimum absolute atomic E-state index is 0.109. The third-order valence-corrected chi connectivity index (χ3v) is 6.68. The van der Waals surface area contributed by atoms with Gasteiger partial charge in [0.1, 0.15) is 5.75 Å². The van der Waals surface area contributed by atoms with Gasteiger partial charge in [0.2, 0.25) is 5.91 Å². The molecule has 0 radical (unpaired) electrons. The number of benzene rings is 1. The number of rotatable bonds is 4. The van der Waals surface area contributed by atoms with Crippen LogP contribution in [0.4, 0.5) is 0 Å². The summed E-state index contributed by atoms with van der Waals surface area (Å²) in [5.74, 6) is 1.99. The number of nitrogens with zero attached hydrogens (tertiary/aromatic N) is 2. The van der Waals surface area contributed by atoms with Crippen LogP contribution in [0.25, 0.3) is 0 Å². The molecular weight excluding hydrogens is 340 g/mol. The van der Waals surface area contributed by atoms with Crippen LogP contribution in [0.5, 0.6) is 5.75 Å². The maximum Gasteiger partial charge on any atom is 0.253 e. The first-order valence-corrected chi connectivity index (χ1v) is 10.2. The van der Waals surface area contributed by atoms with Gasteiger partial charge in [-0.05, 0) is 74.1 Å². The molecule has 3 fully saturated rings. The molecular formula is C22H30N2O3. The van der Waals surface area contributed by atoms with Gasteiger partial charge in [-0.3, -0.25) is 9.59 Å².